The van der Waals surface area contributed by atoms with Crippen molar-refractivity contribution in [2.75, 3.05) is 0 Å². The van der Waals surface area contributed by atoms with Gasteiger partial charge in [-0.1, -0.05) is 25.1 Å². The van der Waals surface area contributed by atoms with Gasteiger partial charge in [0.2, 0.25) is 5.91 Å². The Hall–Kier alpha value is -1.82. The van der Waals surface area contributed by atoms with Gasteiger partial charge < -0.3 is 15.8 Å². The summed E-state index contributed by atoms with van der Waals surface area (Å²) in [5.41, 5.74) is 7.58. The van der Waals surface area contributed by atoms with Crippen molar-refractivity contribution in [2.24, 2.45) is 5.73 Å². The Morgan fingerprint density at radius 2 is 2.00 bits per heavy atom. The smallest absolute Gasteiger partial charge is 0.237 e. The fourth-order valence-electron chi connectivity index (χ4n) is 2.10. The van der Waals surface area contributed by atoms with Crippen molar-refractivity contribution in [2.45, 2.75) is 39.0 Å². The Balaban J connectivity index is 0.00000288. The molecule has 0 aliphatic rings. The molecule has 0 saturated heterocycles. The van der Waals surface area contributed by atoms with E-state index in [1.807, 2.05) is 56.3 Å². The summed E-state index contributed by atoms with van der Waals surface area (Å²) in [6.45, 7) is 4.23. The van der Waals surface area contributed by atoms with Crippen LogP contribution in [0.15, 0.2) is 48.7 Å². The van der Waals surface area contributed by atoms with Gasteiger partial charge in [0.05, 0.1) is 17.8 Å². The highest BCUT2D eigenvalue weighted by Gasteiger charge is 2.15. The van der Waals surface area contributed by atoms with Crippen molar-refractivity contribution < 1.29 is 9.53 Å². The van der Waals surface area contributed by atoms with Crippen LogP contribution in [0.25, 0.3) is 0 Å². The van der Waals surface area contributed by atoms with Crippen LogP contribution in [0, 0.1) is 0 Å². The van der Waals surface area contributed by atoms with Gasteiger partial charge in [-0.3, -0.25) is 9.78 Å². The lowest BCUT2D eigenvalue weighted by Crippen LogP contribution is -2.41. The van der Waals surface area contributed by atoms with Crippen LogP contribution in [0.3, 0.4) is 0 Å². The lowest BCUT2D eigenvalue weighted by Gasteiger charge is -2.18. The van der Waals surface area contributed by atoms with Crippen LogP contribution in [0.5, 0.6) is 5.75 Å². The molecule has 2 rings (SSSR count). The predicted molar refractivity (Wildman–Crippen MR) is 104 cm³/mol. The third-order valence-electron chi connectivity index (χ3n) is 3.61. The Morgan fingerprint density at radius 1 is 1.24 bits per heavy atom. The summed E-state index contributed by atoms with van der Waals surface area (Å²) in [6.07, 6.45) is 2.36. The molecule has 0 bridgehead atoms. The Bertz CT molecular complexity index is 641. The van der Waals surface area contributed by atoms with Crippen LogP contribution < -0.4 is 15.8 Å². The van der Waals surface area contributed by atoms with Crippen molar-refractivity contribution >= 4 is 30.7 Å². The molecule has 1 aromatic heterocycles. The zero-order chi connectivity index (χ0) is 16.7. The molecule has 1 unspecified atom stereocenters. The molecule has 0 aliphatic carbocycles. The molecule has 1 aromatic carbocycles. The molecule has 0 fully saturated rings. The van der Waals surface area contributed by atoms with E-state index in [2.05, 4.69) is 10.3 Å². The van der Waals surface area contributed by atoms with Crippen LogP contribution in [0.1, 0.15) is 37.6 Å². The SMILES string of the molecule is CC[C@H](N)C(=O)NC(C)c1cccc(OCc2ccccn2)c1.Cl.Cl. The average Bonchev–Trinajstić information content (AvgIpc) is 2.60. The minimum atomic E-state index is -0.471. The minimum absolute atomic E-state index is 0. The topological polar surface area (TPSA) is 77.2 Å². The average molecular weight is 386 g/mol. The van der Waals surface area contributed by atoms with Gasteiger partial charge in [0.1, 0.15) is 12.4 Å². The standard InChI is InChI=1S/C18H23N3O2.2ClH/c1-3-17(19)18(22)21-13(2)14-7-6-9-16(11-14)23-12-15-8-4-5-10-20-15;;/h4-11,13,17H,3,12,19H2,1-2H3,(H,21,22);2*1H/t13?,17-;;/m0../s1. The normalized spacial score (nSPS) is 12.1. The second-order valence-corrected chi connectivity index (χ2v) is 5.43. The van der Waals surface area contributed by atoms with Gasteiger partial charge in [0.25, 0.3) is 0 Å². The number of amides is 1. The van der Waals surface area contributed by atoms with E-state index in [0.717, 1.165) is 17.0 Å². The summed E-state index contributed by atoms with van der Waals surface area (Å²) in [7, 11) is 0. The maximum atomic E-state index is 11.9. The van der Waals surface area contributed by atoms with Crippen LogP contribution in [0.2, 0.25) is 0 Å². The van der Waals surface area contributed by atoms with E-state index in [1.165, 1.54) is 0 Å². The molecule has 3 N–H and O–H groups in total. The molecule has 0 aliphatic heterocycles. The van der Waals surface area contributed by atoms with Crippen molar-refractivity contribution in [1.29, 1.82) is 0 Å². The molecular formula is C18H25Cl2N3O2. The number of carbonyl (C=O) groups is 1. The second-order valence-electron chi connectivity index (χ2n) is 5.43. The number of rotatable bonds is 7. The summed E-state index contributed by atoms with van der Waals surface area (Å²) in [5, 5.41) is 2.92. The summed E-state index contributed by atoms with van der Waals surface area (Å²) in [4.78, 5) is 16.1. The molecule has 7 heteroatoms. The van der Waals surface area contributed by atoms with E-state index in [0.29, 0.717) is 13.0 Å². The largest absolute Gasteiger partial charge is 0.487 e. The van der Waals surface area contributed by atoms with Crippen molar-refractivity contribution in [1.82, 2.24) is 10.3 Å². The van der Waals surface area contributed by atoms with Crippen molar-refractivity contribution in [3.63, 3.8) is 0 Å². The third kappa shape index (κ3) is 7.30. The fourth-order valence-corrected chi connectivity index (χ4v) is 2.10. The zero-order valence-electron chi connectivity index (χ0n) is 14.3. The summed E-state index contributed by atoms with van der Waals surface area (Å²) in [6, 6.07) is 12.8. The fraction of sp³-hybridized carbons (Fsp3) is 0.333. The number of hydrogen-bond acceptors (Lipinski definition) is 4. The van der Waals surface area contributed by atoms with Gasteiger partial charge in [-0.25, -0.2) is 0 Å². The van der Waals surface area contributed by atoms with Gasteiger partial charge in [-0.05, 0) is 43.2 Å². The van der Waals surface area contributed by atoms with Gasteiger partial charge >= 0.3 is 0 Å². The first-order chi connectivity index (χ1) is 11.1. The number of carbonyl (C=O) groups excluding carboxylic acids is 1. The number of nitrogens with one attached hydrogen (secondary N) is 1. The predicted octanol–water partition coefficient (Wildman–Crippen LogP) is 3.42. The van der Waals surface area contributed by atoms with E-state index in [-0.39, 0.29) is 36.8 Å². The van der Waals surface area contributed by atoms with Crippen LogP contribution >= 0.6 is 24.8 Å². The molecule has 0 spiro atoms. The monoisotopic (exact) mass is 385 g/mol. The van der Waals surface area contributed by atoms with E-state index < -0.39 is 6.04 Å². The molecule has 2 aromatic rings. The molecule has 0 radical (unpaired) electrons. The van der Waals surface area contributed by atoms with E-state index in [9.17, 15) is 4.79 Å². The number of pyridine rings is 1. The van der Waals surface area contributed by atoms with Gasteiger partial charge in [-0.2, -0.15) is 0 Å². The van der Waals surface area contributed by atoms with Crippen LogP contribution in [-0.2, 0) is 11.4 Å². The highest BCUT2D eigenvalue weighted by atomic mass is 35.5. The first-order valence-electron chi connectivity index (χ1n) is 7.78. The third-order valence-corrected chi connectivity index (χ3v) is 3.61. The minimum Gasteiger partial charge on any atom is -0.487 e. The maximum Gasteiger partial charge on any atom is 0.237 e. The molecular weight excluding hydrogens is 361 g/mol. The first-order valence-corrected chi connectivity index (χ1v) is 7.78. The Morgan fingerprint density at radius 3 is 2.64 bits per heavy atom. The van der Waals surface area contributed by atoms with E-state index >= 15 is 0 Å². The number of benzene rings is 1. The number of ether oxygens (including phenoxy) is 1. The molecule has 138 valence electrons. The zero-order valence-corrected chi connectivity index (χ0v) is 16.0. The summed E-state index contributed by atoms with van der Waals surface area (Å²) >= 11 is 0. The number of hydrogen-bond donors (Lipinski definition) is 2. The summed E-state index contributed by atoms with van der Waals surface area (Å²) in [5.74, 6) is 0.605. The van der Waals surface area contributed by atoms with E-state index in [1.54, 1.807) is 6.20 Å². The molecule has 0 saturated carbocycles. The second kappa shape index (κ2) is 11.7. The maximum absolute atomic E-state index is 11.9. The lowest BCUT2D eigenvalue weighted by molar-refractivity contribution is -0.123. The van der Waals surface area contributed by atoms with E-state index in [4.69, 9.17) is 10.5 Å². The quantitative estimate of drug-likeness (QED) is 0.765. The number of aromatic nitrogens is 1. The highest BCUT2D eigenvalue weighted by Crippen LogP contribution is 2.20. The number of nitrogens with zero attached hydrogens (tertiary/aromatic N) is 1. The molecule has 5 nitrogen and oxygen atoms in total. The lowest BCUT2D eigenvalue weighted by atomic mass is 10.1. The van der Waals surface area contributed by atoms with Gasteiger partial charge in [0, 0.05) is 6.20 Å². The van der Waals surface area contributed by atoms with Gasteiger partial charge in [-0.15, -0.1) is 24.8 Å². The number of halogens is 2. The Labute approximate surface area is 161 Å². The first kappa shape index (κ1) is 23.2. The number of nitrogens with two attached hydrogens (primary N) is 1. The van der Waals surface area contributed by atoms with Crippen molar-refractivity contribution in [3.8, 4) is 5.75 Å². The molecule has 2 atom stereocenters. The molecule has 1 amide bonds. The van der Waals surface area contributed by atoms with Crippen LogP contribution in [-0.4, -0.2) is 16.9 Å². The highest BCUT2D eigenvalue weighted by molar-refractivity contribution is 5.85. The summed E-state index contributed by atoms with van der Waals surface area (Å²) < 4.78 is 5.76. The van der Waals surface area contributed by atoms with Crippen LogP contribution in [0.4, 0.5) is 0 Å². The van der Waals surface area contributed by atoms with Gasteiger partial charge in [0.15, 0.2) is 0 Å². The Kier molecular flexibility index (Phi) is 10.8. The molecule has 25 heavy (non-hydrogen) atoms. The molecule has 1 heterocycles. The van der Waals surface area contributed by atoms with Crippen molar-refractivity contribution in [3.05, 3.63) is 59.9 Å².